The molecule has 2 aliphatic heterocycles. The number of piperidine rings is 1. The van der Waals surface area contributed by atoms with Crippen LogP contribution in [0.15, 0.2) is 23.3 Å². The van der Waals surface area contributed by atoms with Crippen molar-refractivity contribution in [3.05, 3.63) is 23.9 Å². The number of hydrogen-bond acceptors (Lipinski definition) is 5. The molecule has 3 unspecified atom stereocenters. The lowest BCUT2D eigenvalue weighted by Crippen LogP contribution is -2.46. The van der Waals surface area contributed by atoms with Gasteiger partial charge in [0.15, 0.2) is 5.96 Å². The molecule has 31 heavy (non-hydrogen) atoms. The summed E-state index contributed by atoms with van der Waals surface area (Å²) < 4.78 is 5.82. The number of ether oxygens (including phenoxy) is 1. The number of morpholine rings is 1. The predicted molar refractivity (Wildman–Crippen MR) is 140 cm³/mol. The topological polar surface area (TPSA) is 65.0 Å². The van der Waals surface area contributed by atoms with Crippen LogP contribution < -0.4 is 15.5 Å². The molecule has 176 valence electrons. The molecule has 2 saturated heterocycles. The first-order chi connectivity index (χ1) is 14.6. The number of halogens is 1. The second kappa shape index (κ2) is 13.4. The number of aliphatic imine (C=N–C) groups is 1. The summed E-state index contributed by atoms with van der Waals surface area (Å²) in [6.07, 6.45) is 7.73. The molecule has 3 rings (SSSR count). The second-order valence-electron chi connectivity index (χ2n) is 8.63. The van der Waals surface area contributed by atoms with E-state index >= 15 is 0 Å². The minimum Gasteiger partial charge on any atom is -0.372 e. The first-order valence-corrected chi connectivity index (χ1v) is 11.6. The number of nitrogens with zero attached hydrogens (tertiary/aromatic N) is 4. The van der Waals surface area contributed by atoms with Crippen LogP contribution in [0.5, 0.6) is 0 Å². The minimum atomic E-state index is 0. The third kappa shape index (κ3) is 8.05. The number of pyridine rings is 1. The fraction of sp³-hybridized carbons (Fsp3) is 0.739. The zero-order valence-corrected chi connectivity index (χ0v) is 22.0. The standard InChI is InChI=1S/C23H40N6O.HI/c1-5-21-8-6-7-12-28(21)13-11-25-23(24-4)27-15-20-9-10-22(26-14-20)29-16-18(2)30-19(3)17-29;/h9-10,14,18-19,21H,5-8,11-13,15-17H2,1-4H3,(H2,24,25,27);1H. The van der Waals surface area contributed by atoms with E-state index in [4.69, 9.17) is 4.74 Å². The van der Waals surface area contributed by atoms with Crippen molar-refractivity contribution >= 4 is 35.8 Å². The molecule has 0 radical (unpaired) electrons. The number of aromatic nitrogens is 1. The van der Waals surface area contributed by atoms with Crippen LogP contribution in [0.4, 0.5) is 5.82 Å². The summed E-state index contributed by atoms with van der Waals surface area (Å²) in [5.74, 6) is 1.87. The van der Waals surface area contributed by atoms with Crippen molar-refractivity contribution in [2.45, 2.75) is 71.2 Å². The van der Waals surface area contributed by atoms with Crippen LogP contribution in [0.1, 0.15) is 52.0 Å². The van der Waals surface area contributed by atoms with Gasteiger partial charge >= 0.3 is 0 Å². The van der Waals surface area contributed by atoms with E-state index in [1.807, 2.05) is 13.2 Å². The van der Waals surface area contributed by atoms with Crippen LogP contribution in [-0.2, 0) is 11.3 Å². The first-order valence-electron chi connectivity index (χ1n) is 11.6. The maximum absolute atomic E-state index is 5.82. The highest BCUT2D eigenvalue weighted by molar-refractivity contribution is 14.0. The second-order valence-corrected chi connectivity index (χ2v) is 8.63. The van der Waals surface area contributed by atoms with Gasteiger partial charge in [-0.25, -0.2) is 4.98 Å². The van der Waals surface area contributed by atoms with Crippen molar-refractivity contribution in [2.75, 3.05) is 44.7 Å². The van der Waals surface area contributed by atoms with Crippen molar-refractivity contribution in [1.29, 1.82) is 0 Å². The van der Waals surface area contributed by atoms with Gasteiger partial charge in [-0.3, -0.25) is 9.89 Å². The molecule has 2 aliphatic rings. The summed E-state index contributed by atoms with van der Waals surface area (Å²) in [6, 6.07) is 5.00. The Morgan fingerprint density at radius 1 is 1.19 bits per heavy atom. The van der Waals surface area contributed by atoms with Gasteiger partial charge in [0.2, 0.25) is 0 Å². The fourth-order valence-electron chi connectivity index (χ4n) is 4.61. The average Bonchev–Trinajstić information content (AvgIpc) is 2.76. The van der Waals surface area contributed by atoms with E-state index in [9.17, 15) is 0 Å². The van der Waals surface area contributed by atoms with Crippen molar-refractivity contribution < 1.29 is 4.74 Å². The Hall–Kier alpha value is -1.13. The highest BCUT2D eigenvalue weighted by atomic mass is 127. The van der Waals surface area contributed by atoms with Gasteiger partial charge in [0.25, 0.3) is 0 Å². The molecule has 3 heterocycles. The molecule has 0 aromatic carbocycles. The Morgan fingerprint density at radius 3 is 2.61 bits per heavy atom. The number of anilines is 1. The van der Waals surface area contributed by atoms with E-state index in [1.165, 1.54) is 32.2 Å². The van der Waals surface area contributed by atoms with Gasteiger partial charge in [0.05, 0.1) is 12.2 Å². The van der Waals surface area contributed by atoms with E-state index in [1.54, 1.807) is 0 Å². The molecule has 1 aromatic rings. The molecule has 2 fully saturated rings. The maximum Gasteiger partial charge on any atom is 0.191 e. The predicted octanol–water partition coefficient (Wildman–Crippen LogP) is 3.24. The molecule has 1 aromatic heterocycles. The summed E-state index contributed by atoms with van der Waals surface area (Å²) in [6.45, 7) is 12.3. The zero-order valence-electron chi connectivity index (χ0n) is 19.6. The fourth-order valence-corrected chi connectivity index (χ4v) is 4.61. The van der Waals surface area contributed by atoms with Crippen LogP contribution in [0.2, 0.25) is 0 Å². The highest BCUT2D eigenvalue weighted by Crippen LogP contribution is 2.19. The molecular weight excluding hydrogens is 503 g/mol. The Kier molecular flexibility index (Phi) is 11.3. The molecule has 3 atom stereocenters. The molecule has 0 spiro atoms. The summed E-state index contributed by atoms with van der Waals surface area (Å²) in [4.78, 5) is 14.0. The first kappa shape index (κ1) is 26.1. The largest absolute Gasteiger partial charge is 0.372 e. The summed E-state index contributed by atoms with van der Waals surface area (Å²) in [7, 11) is 1.83. The normalized spacial score (nSPS) is 25.1. The quantitative estimate of drug-likeness (QED) is 0.312. The van der Waals surface area contributed by atoms with E-state index < -0.39 is 0 Å². The summed E-state index contributed by atoms with van der Waals surface area (Å²) in [5, 5.41) is 6.87. The van der Waals surface area contributed by atoms with Gasteiger partial charge in [-0.05, 0) is 51.3 Å². The number of rotatable bonds is 7. The third-order valence-electron chi connectivity index (χ3n) is 6.15. The van der Waals surface area contributed by atoms with Gasteiger partial charge in [0.1, 0.15) is 5.82 Å². The molecule has 7 nitrogen and oxygen atoms in total. The van der Waals surface area contributed by atoms with Crippen molar-refractivity contribution in [2.24, 2.45) is 4.99 Å². The molecule has 0 bridgehead atoms. The van der Waals surface area contributed by atoms with Crippen LogP contribution in [0.25, 0.3) is 0 Å². The number of nitrogens with one attached hydrogen (secondary N) is 2. The van der Waals surface area contributed by atoms with Gasteiger partial charge in [0, 0.05) is 52.0 Å². The highest BCUT2D eigenvalue weighted by Gasteiger charge is 2.23. The minimum absolute atomic E-state index is 0. The number of likely N-dealkylation sites (tertiary alicyclic amines) is 1. The van der Waals surface area contributed by atoms with E-state index in [0.717, 1.165) is 49.6 Å². The van der Waals surface area contributed by atoms with Gasteiger partial charge in [-0.1, -0.05) is 19.4 Å². The van der Waals surface area contributed by atoms with E-state index in [2.05, 4.69) is 63.3 Å². The number of hydrogen-bond donors (Lipinski definition) is 2. The summed E-state index contributed by atoms with van der Waals surface area (Å²) in [5.41, 5.74) is 1.15. The smallest absolute Gasteiger partial charge is 0.191 e. The molecule has 8 heteroatoms. The van der Waals surface area contributed by atoms with E-state index in [-0.39, 0.29) is 36.2 Å². The van der Waals surface area contributed by atoms with Crippen LogP contribution in [0, 0.1) is 0 Å². The SMILES string of the molecule is CCC1CCCCN1CCNC(=NC)NCc1ccc(N2CC(C)OC(C)C2)nc1.I. The van der Waals surface area contributed by atoms with Crippen LogP contribution >= 0.6 is 24.0 Å². The Bertz CT molecular complexity index is 661. The summed E-state index contributed by atoms with van der Waals surface area (Å²) >= 11 is 0. The van der Waals surface area contributed by atoms with Gasteiger partial charge in [-0.2, -0.15) is 0 Å². The van der Waals surface area contributed by atoms with Crippen molar-refractivity contribution in [3.8, 4) is 0 Å². The average molecular weight is 545 g/mol. The lowest BCUT2D eigenvalue weighted by molar-refractivity contribution is -0.00545. The molecule has 0 amide bonds. The van der Waals surface area contributed by atoms with Crippen molar-refractivity contribution in [1.82, 2.24) is 20.5 Å². The molecular formula is C23H41IN6O. The molecule has 0 saturated carbocycles. The van der Waals surface area contributed by atoms with Gasteiger partial charge < -0.3 is 20.3 Å². The monoisotopic (exact) mass is 544 g/mol. The Balaban J connectivity index is 0.00000341. The van der Waals surface area contributed by atoms with Crippen LogP contribution in [-0.4, -0.2) is 73.9 Å². The zero-order chi connectivity index (χ0) is 21.3. The molecule has 0 aliphatic carbocycles. The van der Waals surface area contributed by atoms with Gasteiger partial charge in [-0.15, -0.1) is 24.0 Å². The van der Waals surface area contributed by atoms with E-state index in [0.29, 0.717) is 6.54 Å². The number of guanidine groups is 1. The maximum atomic E-state index is 5.82. The Labute approximate surface area is 205 Å². The Morgan fingerprint density at radius 2 is 1.97 bits per heavy atom. The van der Waals surface area contributed by atoms with Crippen LogP contribution in [0.3, 0.4) is 0 Å². The lowest BCUT2D eigenvalue weighted by atomic mass is 10.0. The third-order valence-corrected chi connectivity index (χ3v) is 6.15. The lowest BCUT2D eigenvalue weighted by Gasteiger charge is -2.36. The van der Waals surface area contributed by atoms with Crippen molar-refractivity contribution in [3.63, 3.8) is 0 Å². The molecule has 2 N–H and O–H groups in total.